The molecule has 0 unspecified atom stereocenters. The molecule has 0 fully saturated rings. The van der Waals surface area contributed by atoms with E-state index in [0.717, 1.165) is 0 Å². The Bertz CT molecular complexity index is 826. The van der Waals surface area contributed by atoms with E-state index < -0.39 is 12.1 Å². The van der Waals surface area contributed by atoms with Crippen LogP contribution in [0.3, 0.4) is 0 Å². The number of methoxy groups -OCH3 is 1. The van der Waals surface area contributed by atoms with Gasteiger partial charge in [-0.15, -0.1) is 0 Å². The number of esters is 1. The molecule has 0 amide bonds. The third-order valence-corrected chi connectivity index (χ3v) is 3.79. The van der Waals surface area contributed by atoms with Gasteiger partial charge in [0.25, 0.3) is 0 Å². The fourth-order valence-electron chi connectivity index (χ4n) is 2.70. The van der Waals surface area contributed by atoms with Crippen molar-refractivity contribution < 1.29 is 34.7 Å². The molecule has 23 heavy (non-hydrogen) atoms. The third-order valence-electron chi connectivity index (χ3n) is 3.79. The van der Waals surface area contributed by atoms with Crippen LogP contribution in [0.25, 0.3) is 0 Å². The first kappa shape index (κ1) is 14.8. The van der Waals surface area contributed by atoms with Crippen LogP contribution in [0.1, 0.15) is 33.2 Å². The van der Waals surface area contributed by atoms with Crippen molar-refractivity contribution in [2.24, 2.45) is 0 Å². The summed E-state index contributed by atoms with van der Waals surface area (Å²) in [5.41, 5.74) is 0.251. The molecule has 7 heteroatoms. The Hall–Kier alpha value is -3.09. The first-order valence-corrected chi connectivity index (χ1v) is 6.71. The molecule has 1 aliphatic rings. The number of phenols is 4. The quantitative estimate of drug-likeness (QED) is 0.495. The average molecular weight is 318 g/mol. The van der Waals surface area contributed by atoms with Gasteiger partial charge in [0.15, 0.2) is 17.6 Å². The summed E-state index contributed by atoms with van der Waals surface area (Å²) < 4.78 is 10.1. The maximum Gasteiger partial charge on any atom is 0.343 e. The van der Waals surface area contributed by atoms with E-state index in [2.05, 4.69) is 0 Å². The zero-order chi connectivity index (χ0) is 16.9. The van der Waals surface area contributed by atoms with Crippen LogP contribution in [0.2, 0.25) is 0 Å². The standard InChI is InChI=1S/C16H14O7/c1-6-3-9(18)11-12(13(6)19)15(23-16(11)21)8-4-7(17)5-10(22-2)14(8)20/h3-5,15,17-20H,1-2H3/t15-/m0/s1. The zero-order valence-corrected chi connectivity index (χ0v) is 12.3. The number of ether oxygens (including phenoxy) is 2. The van der Waals surface area contributed by atoms with Gasteiger partial charge in [0.05, 0.1) is 12.7 Å². The van der Waals surface area contributed by atoms with Gasteiger partial charge < -0.3 is 29.9 Å². The summed E-state index contributed by atoms with van der Waals surface area (Å²) in [6.07, 6.45) is -1.18. The van der Waals surface area contributed by atoms with E-state index in [1.807, 2.05) is 0 Å². The number of carbonyl (C=O) groups is 1. The lowest BCUT2D eigenvalue weighted by molar-refractivity contribution is 0.0448. The number of hydrogen-bond acceptors (Lipinski definition) is 7. The van der Waals surface area contributed by atoms with Crippen molar-refractivity contribution in [3.8, 4) is 28.7 Å². The van der Waals surface area contributed by atoms with E-state index in [9.17, 15) is 25.2 Å². The van der Waals surface area contributed by atoms with Crippen LogP contribution in [-0.2, 0) is 4.74 Å². The van der Waals surface area contributed by atoms with Crippen LogP contribution in [0.15, 0.2) is 18.2 Å². The van der Waals surface area contributed by atoms with Crippen molar-refractivity contribution in [3.63, 3.8) is 0 Å². The number of phenolic OH excluding ortho intramolecular Hbond substituents is 4. The van der Waals surface area contributed by atoms with E-state index >= 15 is 0 Å². The summed E-state index contributed by atoms with van der Waals surface area (Å²) in [5, 5.41) is 40.2. The normalized spacial score (nSPS) is 16.1. The lowest BCUT2D eigenvalue weighted by atomic mass is 9.94. The average Bonchev–Trinajstić information content (AvgIpc) is 2.84. The Labute approximate surface area is 131 Å². The first-order chi connectivity index (χ1) is 10.8. The van der Waals surface area contributed by atoms with Gasteiger partial charge in [-0.1, -0.05) is 0 Å². The summed E-state index contributed by atoms with van der Waals surface area (Å²) in [7, 11) is 1.31. The van der Waals surface area contributed by atoms with Crippen LogP contribution in [0.5, 0.6) is 28.7 Å². The number of fused-ring (bicyclic) bond motifs is 1. The molecular weight excluding hydrogens is 304 g/mol. The monoisotopic (exact) mass is 318 g/mol. The molecular formula is C16H14O7. The Kier molecular flexibility index (Phi) is 3.21. The largest absolute Gasteiger partial charge is 0.508 e. The Morgan fingerprint density at radius 1 is 1.09 bits per heavy atom. The van der Waals surface area contributed by atoms with Crippen molar-refractivity contribution >= 4 is 5.97 Å². The highest BCUT2D eigenvalue weighted by Gasteiger charge is 2.40. The van der Waals surface area contributed by atoms with Crippen LogP contribution in [0, 0.1) is 6.92 Å². The van der Waals surface area contributed by atoms with Crippen LogP contribution in [-0.4, -0.2) is 33.5 Å². The maximum atomic E-state index is 12.0. The fourth-order valence-corrected chi connectivity index (χ4v) is 2.70. The van der Waals surface area contributed by atoms with Crippen LogP contribution in [0.4, 0.5) is 0 Å². The molecule has 2 aromatic rings. The summed E-state index contributed by atoms with van der Waals surface area (Å²) in [6.45, 7) is 1.55. The fraction of sp³-hybridized carbons (Fsp3) is 0.188. The van der Waals surface area contributed by atoms with Gasteiger partial charge in [-0.2, -0.15) is 0 Å². The number of aryl methyl sites for hydroxylation is 1. The second-order valence-corrected chi connectivity index (χ2v) is 5.22. The van der Waals surface area contributed by atoms with E-state index in [0.29, 0.717) is 5.56 Å². The van der Waals surface area contributed by atoms with Gasteiger partial charge in [-0.25, -0.2) is 4.79 Å². The SMILES string of the molecule is COc1cc(O)cc([C@@H]2OC(=O)c3c(O)cc(C)c(O)c32)c1O. The number of hydrogen-bond donors (Lipinski definition) is 4. The number of aromatic hydroxyl groups is 4. The maximum absolute atomic E-state index is 12.0. The van der Waals surface area contributed by atoms with Crippen LogP contribution >= 0.6 is 0 Å². The van der Waals surface area contributed by atoms with Gasteiger partial charge in [0.2, 0.25) is 0 Å². The molecule has 0 bridgehead atoms. The minimum atomic E-state index is -1.18. The number of benzene rings is 2. The number of rotatable bonds is 2. The predicted octanol–water partition coefficient (Wildman–Crippen LogP) is 2.09. The second-order valence-electron chi connectivity index (χ2n) is 5.22. The van der Waals surface area contributed by atoms with Gasteiger partial charge >= 0.3 is 5.97 Å². The van der Waals surface area contributed by atoms with Gasteiger partial charge in [0.1, 0.15) is 22.8 Å². The molecule has 0 spiro atoms. The zero-order valence-electron chi connectivity index (χ0n) is 12.3. The van der Waals surface area contributed by atoms with Gasteiger partial charge in [0, 0.05) is 11.6 Å². The van der Waals surface area contributed by atoms with Crippen molar-refractivity contribution in [3.05, 3.63) is 40.5 Å². The molecule has 4 N–H and O–H groups in total. The van der Waals surface area contributed by atoms with Crippen molar-refractivity contribution in [1.29, 1.82) is 0 Å². The number of cyclic esters (lactones) is 1. The van der Waals surface area contributed by atoms with Crippen molar-refractivity contribution in [2.45, 2.75) is 13.0 Å². The molecule has 1 atom stereocenters. The predicted molar refractivity (Wildman–Crippen MR) is 78.1 cm³/mol. The molecule has 1 heterocycles. The highest BCUT2D eigenvalue weighted by molar-refractivity contribution is 5.98. The molecule has 2 aromatic carbocycles. The molecule has 3 rings (SSSR count). The van der Waals surface area contributed by atoms with Crippen molar-refractivity contribution in [2.75, 3.05) is 7.11 Å². The van der Waals surface area contributed by atoms with Crippen molar-refractivity contribution in [1.82, 2.24) is 0 Å². The summed E-state index contributed by atoms with van der Waals surface area (Å²) in [5.74, 6) is -1.95. The van der Waals surface area contributed by atoms with Gasteiger partial charge in [-0.05, 0) is 24.6 Å². The van der Waals surface area contributed by atoms with E-state index in [1.54, 1.807) is 6.92 Å². The molecule has 0 aromatic heterocycles. The molecule has 1 aliphatic heterocycles. The van der Waals surface area contributed by atoms with E-state index in [-0.39, 0.29) is 45.4 Å². The van der Waals surface area contributed by atoms with Crippen LogP contribution < -0.4 is 4.74 Å². The summed E-state index contributed by atoms with van der Waals surface area (Å²) in [6, 6.07) is 3.65. The lowest BCUT2D eigenvalue weighted by Gasteiger charge is -2.17. The smallest absolute Gasteiger partial charge is 0.343 e. The van der Waals surface area contributed by atoms with E-state index in [1.165, 1.54) is 25.3 Å². The molecule has 120 valence electrons. The Morgan fingerprint density at radius 3 is 2.43 bits per heavy atom. The summed E-state index contributed by atoms with van der Waals surface area (Å²) in [4.78, 5) is 12.0. The molecule has 0 radical (unpaired) electrons. The van der Waals surface area contributed by atoms with Gasteiger partial charge in [-0.3, -0.25) is 0 Å². The molecule has 7 nitrogen and oxygen atoms in total. The summed E-state index contributed by atoms with van der Waals surface area (Å²) >= 11 is 0. The molecule has 0 saturated carbocycles. The van der Waals surface area contributed by atoms with E-state index in [4.69, 9.17) is 9.47 Å². The lowest BCUT2D eigenvalue weighted by Crippen LogP contribution is -2.02. The minimum Gasteiger partial charge on any atom is -0.508 e. The minimum absolute atomic E-state index is 0.0131. The Morgan fingerprint density at radius 2 is 1.78 bits per heavy atom. The molecule has 0 aliphatic carbocycles. The molecule has 0 saturated heterocycles. The first-order valence-electron chi connectivity index (χ1n) is 6.71. The topological polar surface area (TPSA) is 116 Å². The highest BCUT2D eigenvalue weighted by atomic mass is 16.6. The second kappa shape index (κ2) is 4.98. The highest BCUT2D eigenvalue weighted by Crippen LogP contribution is 2.50. The third kappa shape index (κ3) is 2.09. The number of carbonyl (C=O) groups excluding carboxylic acids is 1. The Balaban J connectivity index is 2.28.